The van der Waals surface area contributed by atoms with E-state index < -0.39 is 0 Å². The van der Waals surface area contributed by atoms with Gasteiger partial charge in [0.25, 0.3) is 0 Å². The van der Waals surface area contributed by atoms with Crippen LogP contribution in [0.3, 0.4) is 0 Å². The molecule has 0 radical (unpaired) electrons. The van der Waals surface area contributed by atoms with Gasteiger partial charge in [-0.1, -0.05) is 6.07 Å². The van der Waals surface area contributed by atoms with Gasteiger partial charge in [0.15, 0.2) is 11.5 Å². The van der Waals surface area contributed by atoms with Gasteiger partial charge >= 0.3 is 0 Å². The lowest BCUT2D eigenvalue weighted by atomic mass is 10.1. The van der Waals surface area contributed by atoms with Crippen LogP contribution in [0.25, 0.3) is 0 Å². The molecule has 0 saturated heterocycles. The predicted molar refractivity (Wildman–Crippen MR) is 52.2 cm³/mol. The average Bonchev–Trinajstić information content (AvgIpc) is 2.04. The molecule has 0 spiro atoms. The van der Waals surface area contributed by atoms with Gasteiger partial charge in [0, 0.05) is 0 Å². The summed E-state index contributed by atoms with van der Waals surface area (Å²) in [5.74, 6) is 0.728. The molecule has 0 heterocycles. The molecule has 0 saturated carbocycles. The molecule has 0 unspecified atom stereocenters. The van der Waals surface area contributed by atoms with Crippen LogP contribution in [0.4, 0.5) is 0 Å². The Labute approximate surface area is 78.1 Å². The van der Waals surface area contributed by atoms with Crippen LogP contribution in [0, 0.1) is 6.92 Å². The molecule has 0 aliphatic heterocycles. The predicted octanol–water partition coefficient (Wildman–Crippen LogP) is 1.21. The Morgan fingerprint density at radius 3 is 2.62 bits per heavy atom. The summed E-state index contributed by atoms with van der Waals surface area (Å²) in [5.41, 5.74) is 7.39. The summed E-state index contributed by atoms with van der Waals surface area (Å²) < 4.78 is 5.03. The Hall–Kier alpha value is -1.22. The van der Waals surface area contributed by atoms with Crippen molar-refractivity contribution in [3.8, 4) is 11.5 Å². The number of aryl methyl sites for hydroxylation is 1. The fraction of sp³-hybridized carbons (Fsp3) is 0.400. The van der Waals surface area contributed by atoms with Crippen molar-refractivity contribution < 1.29 is 9.84 Å². The van der Waals surface area contributed by atoms with Crippen molar-refractivity contribution in [1.82, 2.24) is 0 Å². The third kappa shape index (κ3) is 2.12. The zero-order valence-electron chi connectivity index (χ0n) is 8.00. The fourth-order valence-electron chi connectivity index (χ4n) is 1.41. The van der Waals surface area contributed by atoms with E-state index in [9.17, 15) is 5.11 Å². The summed E-state index contributed by atoms with van der Waals surface area (Å²) in [6.45, 7) is 2.49. The zero-order valence-corrected chi connectivity index (χ0v) is 8.00. The second-order valence-corrected chi connectivity index (χ2v) is 3.00. The molecule has 0 atom stereocenters. The first kappa shape index (κ1) is 9.86. The second kappa shape index (κ2) is 4.14. The van der Waals surface area contributed by atoms with Crippen molar-refractivity contribution in [2.24, 2.45) is 5.73 Å². The van der Waals surface area contributed by atoms with Crippen LogP contribution in [0.2, 0.25) is 0 Å². The molecule has 0 fully saturated rings. The van der Waals surface area contributed by atoms with Crippen LogP contribution in [0.5, 0.6) is 11.5 Å². The first-order chi connectivity index (χ1) is 6.19. The summed E-state index contributed by atoms with van der Waals surface area (Å²) in [5, 5.41) is 9.53. The number of hydrogen-bond acceptors (Lipinski definition) is 3. The number of phenolic OH excluding ortho intramolecular Hbond substituents is 1. The Balaban J connectivity index is 3.05. The fourth-order valence-corrected chi connectivity index (χ4v) is 1.41. The van der Waals surface area contributed by atoms with E-state index in [1.54, 1.807) is 13.2 Å². The van der Waals surface area contributed by atoms with E-state index >= 15 is 0 Å². The molecule has 3 N–H and O–H groups in total. The Morgan fingerprint density at radius 1 is 1.46 bits per heavy atom. The topological polar surface area (TPSA) is 55.5 Å². The number of methoxy groups -OCH3 is 1. The maximum Gasteiger partial charge on any atom is 0.163 e. The van der Waals surface area contributed by atoms with E-state index in [4.69, 9.17) is 10.5 Å². The molecular formula is C10H15NO2. The summed E-state index contributed by atoms with van der Waals surface area (Å²) in [6.07, 6.45) is 0.776. The molecule has 0 aliphatic carbocycles. The molecule has 72 valence electrons. The van der Waals surface area contributed by atoms with E-state index in [0.717, 1.165) is 17.5 Å². The highest BCUT2D eigenvalue weighted by atomic mass is 16.5. The van der Waals surface area contributed by atoms with Gasteiger partial charge in [0.05, 0.1) is 7.11 Å². The lowest BCUT2D eigenvalue weighted by Gasteiger charge is -2.09. The monoisotopic (exact) mass is 181 g/mol. The molecule has 0 bridgehead atoms. The van der Waals surface area contributed by atoms with Crippen molar-refractivity contribution in [3.05, 3.63) is 23.3 Å². The molecule has 3 heteroatoms. The van der Waals surface area contributed by atoms with Crippen molar-refractivity contribution in [3.63, 3.8) is 0 Å². The third-order valence-electron chi connectivity index (χ3n) is 1.95. The van der Waals surface area contributed by atoms with Gasteiger partial charge in [0.1, 0.15) is 0 Å². The standard InChI is InChI=1S/C10H15NO2/c1-7-5-8(3-4-11)6-9(12)10(7)13-2/h5-6,12H,3-4,11H2,1-2H3. The minimum atomic E-state index is 0.186. The minimum absolute atomic E-state index is 0.186. The summed E-state index contributed by atoms with van der Waals surface area (Å²) >= 11 is 0. The average molecular weight is 181 g/mol. The van der Waals surface area contributed by atoms with Gasteiger partial charge in [0.2, 0.25) is 0 Å². The van der Waals surface area contributed by atoms with Crippen molar-refractivity contribution in [2.75, 3.05) is 13.7 Å². The minimum Gasteiger partial charge on any atom is -0.504 e. The molecule has 1 rings (SSSR count). The normalized spacial score (nSPS) is 10.1. The quantitative estimate of drug-likeness (QED) is 0.737. The van der Waals surface area contributed by atoms with E-state index in [1.807, 2.05) is 13.0 Å². The van der Waals surface area contributed by atoms with Gasteiger partial charge in [-0.15, -0.1) is 0 Å². The smallest absolute Gasteiger partial charge is 0.163 e. The molecule has 13 heavy (non-hydrogen) atoms. The number of hydrogen-bond donors (Lipinski definition) is 2. The highest BCUT2D eigenvalue weighted by Crippen LogP contribution is 2.30. The lowest BCUT2D eigenvalue weighted by Crippen LogP contribution is -2.03. The van der Waals surface area contributed by atoms with E-state index in [2.05, 4.69) is 0 Å². The number of phenols is 1. The van der Waals surface area contributed by atoms with Crippen molar-refractivity contribution >= 4 is 0 Å². The number of ether oxygens (including phenoxy) is 1. The molecule has 3 nitrogen and oxygen atoms in total. The van der Waals surface area contributed by atoms with Gasteiger partial charge in [-0.3, -0.25) is 0 Å². The van der Waals surface area contributed by atoms with Gasteiger partial charge in [-0.2, -0.15) is 0 Å². The first-order valence-electron chi connectivity index (χ1n) is 4.25. The Morgan fingerprint density at radius 2 is 2.15 bits per heavy atom. The van der Waals surface area contributed by atoms with Crippen LogP contribution in [0.1, 0.15) is 11.1 Å². The summed E-state index contributed by atoms with van der Waals surface area (Å²) in [7, 11) is 1.55. The van der Waals surface area contributed by atoms with E-state index in [-0.39, 0.29) is 5.75 Å². The summed E-state index contributed by atoms with van der Waals surface area (Å²) in [6, 6.07) is 3.67. The number of aromatic hydroxyl groups is 1. The SMILES string of the molecule is COc1c(C)cc(CCN)cc1O. The molecule has 0 aromatic heterocycles. The maximum absolute atomic E-state index is 9.53. The van der Waals surface area contributed by atoms with Crippen LogP contribution in [-0.2, 0) is 6.42 Å². The molecular weight excluding hydrogens is 166 g/mol. The largest absolute Gasteiger partial charge is 0.504 e. The Kier molecular flexibility index (Phi) is 3.14. The molecule has 0 amide bonds. The van der Waals surface area contributed by atoms with Crippen LogP contribution >= 0.6 is 0 Å². The van der Waals surface area contributed by atoms with Crippen LogP contribution in [-0.4, -0.2) is 18.8 Å². The zero-order chi connectivity index (χ0) is 9.84. The maximum atomic E-state index is 9.53. The van der Waals surface area contributed by atoms with E-state index in [0.29, 0.717) is 12.3 Å². The third-order valence-corrected chi connectivity index (χ3v) is 1.95. The lowest BCUT2D eigenvalue weighted by molar-refractivity contribution is 0.370. The second-order valence-electron chi connectivity index (χ2n) is 3.00. The molecule has 0 aliphatic rings. The molecule has 1 aromatic rings. The van der Waals surface area contributed by atoms with Gasteiger partial charge < -0.3 is 15.6 Å². The number of nitrogens with two attached hydrogens (primary N) is 1. The van der Waals surface area contributed by atoms with Crippen LogP contribution < -0.4 is 10.5 Å². The summed E-state index contributed by atoms with van der Waals surface area (Å²) in [4.78, 5) is 0. The molecule has 1 aromatic carbocycles. The highest BCUT2D eigenvalue weighted by Gasteiger charge is 2.06. The highest BCUT2D eigenvalue weighted by molar-refractivity contribution is 5.47. The van der Waals surface area contributed by atoms with Crippen molar-refractivity contribution in [2.45, 2.75) is 13.3 Å². The van der Waals surface area contributed by atoms with Crippen molar-refractivity contribution in [1.29, 1.82) is 0 Å². The number of rotatable bonds is 3. The Bertz CT molecular complexity index is 274. The van der Waals surface area contributed by atoms with Gasteiger partial charge in [-0.05, 0) is 37.1 Å². The van der Waals surface area contributed by atoms with Crippen LogP contribution in [0.15, 0.2) is 12.1 Å². The number of benzene rings is 1. The van der Waals surface area contributed by atoms with E-state index in [1.165, 1.54) is 0 Å². The first-order valence-corrected chi connectivity index (χ1v) is 4.25. The van der Waals surface area contributed by atoms with Gasteiger partial charge in [-0.25, -0.2) is 0 Å².